The molecule has 2 amide bonds. The van der Waals surface area contributed by atoms with Crippen LogP contribution in [0.25, 0.3) is 0 Å². The number of alkyl carbamates (subject to hydrolysis) is 1. The standard InChI is InChI=1S/C18H32N2O11/c1-9(2)4-5-30-17(28)19-7-12(24)20-13-10(22)6-18(29-3,16(26)27)31-15(13)14(25)11(23)8-21/h9-11,13-15,21-23,25H,4-8H2,1-3H3,(H,19,28)(H,20,24)(H,26,27)/t10-,11-,13?,14-,15?,18-/m1/s1. The zero-order valence-electron chi connectivity index (χ0n) is 17.7. The summed E-state index contributed by atoms with van der Waals surface area (Å²) >= 11 is 0. The van der Waals surface area contributed by atoms with Crippen molar-refractivity contribution >= 4 is 18.0 Å². The van der Waals surface area contributed by atoms with Gasteiger partial charge in [-0.15, -0.1) is 0 Å². The van der Waals surface area contributed by atoms with Crippen LogP contribution in [0.1, 0.15) is 26.7 Å². The molecule has 0 bridgehead atoms. The zero-order valence-corrected chi connectivity index (χ0v) is 17.7. The summed E-state index contributed by atoms with van der Waals surface area (Å²) in [5.74, 6) is -4.42. The van der Waals surface area contributed by atoms with E-state index in [1.165, 1.54) is 0 Å². The fourth-order valence-corrected chi connectivity index (χ4v) is 2.93. The lowest BCUT2D eigenvalue weighted by atomic mass is 9.88. The van der Waals surface area contributed by atoms with Crippen molar-refractivity contribution in [1.29, 1.82) is 0 Å². The highest BCUT2D eigenvalue weighted by molar-refractivity contribution is 5.82. The Labute approximate surface area is 179 Å². The van der Waals surface area contributed by atoms with E-state index in [1.54, 1.807) is 0 Å². The maximum atomic E-state index is 12.2. The number of methoxy groups -OCH3 is 1. The number of hydrogen-bond donors (Lipinski definition) is 7. The van der Waals surface area contributed by atoms with Crippen LogP contribution in [0.2, 0.25) is 0 Å². The average Bonchev–Trinajstić information content (AvgIpc) is 2.71. The van der Waals surface area contributed by atoms with Crippen molar-refractivity contribution in [2.45, 2.75) is 62.9 Å². The van der Waals surface area contributed by atoms with E-state index in [-0.39, 0.29) is 6.61 Å². The molecule has 7 N–H and O–H groups in total. The molecule has 1 fully saturated rings. The molecule has 0 aromatic heterocycles. The summed E-state index contributed by atoms with van der Waals surface area (Å²) in [6.07, 6.45) is -7.66. The second-order valence-corrected chi connectivity index (χ2v) is 7.62. The number of nitrogens with one attached hydrogen (secondary N) is 2. The smallest absolute Gasteiger partial charge is 0.407 e. The van der Waals surface area contributed by atoms with Gasteiger partial charge in [-0.1, -0.05) is 13.8 Å². The molecule has 180 valence electrons. The first-order valence-electron chi connectivity index (χ1n) is 9.78. The van der Waals surface area contributed by atoms with E-state index < -0.39 is 73.8 Å². The van der Waals surface area contributed by atoms with E-state index in [4.69, 9.17) is 19.3 Å². The minimum absolute atomic E-state index is 0.169. The number of carbonyl (C=O) groups excluding carboxylic acids is 2. The Morgan fingerprint density at radius 2 is 1.90 bits per heavy atom. The molecule has 1 aliphatic rings. The molecular weight excluding hydrogens is 420 g/mol. The topological polar surface area (TPSA) is 204 Å². The predicted molar refractivity (Wildman–Crippen MR) is 103 cm³/mol. The summed E-state index contributed by atoms with van der Waals surface area (Å²) in [4.78, 5) is 35.4. The van der Waals surface area contributed by atoms with E-state index in [9.17, 15) is 34.8 Å². The highest BCUT2D eigenvalue weighted by Crippen LogP contribution is 2.32. The number of carboxylic acids is 1. The number of aliphatic hydroxyl groups excluding tert-OH is 4. The van der Waals surface area contributed by atoms with Gasteiger partial charge in [0, 0.05) is 13.5 Å². The summed E-state index contributed by atoms with van der Waals surface area (Å²) < 4.78 is 15.1. The fraction of sp³-hybridized carbons (Fsp3) is 0.833. The first kappa shape index (κ1) is 27.0. The summed E-state index contributed by atoms with van der Waals surface area (Å²) in [7, 11) is 1.01. The van der Waals surface area contributed by atoms with Crippen molar-refractivity contribution < 1.29 is 54.1 Å². The van der Waals surface area contributed by atoms with Crippen molar-refractivity contribution in [2.24, 2.45) is 5.92 Å². The first-order chi connectivity index (χ1) is 14.5. The molecule has 2 unspecified atom stereocenters. The molecule has 1 aliphatic heterocycles. The second-order valence-electron chi connectivity index (χ2n) is 7.62. The number of rotatable bonds is 11. The minimum atomic E-state index is -2.35. The Morgan fingerprint density at radius 1 is 1.26 bits per heavy atom. The van der Waals surface area contributed by atoms with E-state index in [0.717, 1.165) is 7.11 Å². The molecule has 6 atom stereocenters. The molecule has 1 saturated heterocycles. The van der Waals surface area contributed by atoms with E-state index in [1.807, 2.05) is 13.8 Å². The van der Waals surface area contributed by atoms with Crippen LogP contribution >= 0.6 is 0 Å². The molecule has 1 heterocycles. The molecule has 31 heavy (non-hydrogen) atoms. The highest BCUT2D eigenvalue weighted by Gasteiger charge is 2.55. The van der Waals surface area contributed by atoms with Crippen molar-refractivity contribution in [3.8, 4) is 0 Å². The van der Waals surface area contributed by atoms with Crippen molar-refractivity contribution in [2.75, 3.05) is 26.9 Å². The normalized spacial score (nSPS) is 27.9. The van der Waals surface area contributed by atoms with Crippen LogP contribution in [0.4, 0.5) is 4.79 Å². The van der Waals surface area contributed by atoms with Gasteiger partial charge in [-0.3, -0.25) is 4.79 Å². The van der Waals surface area contributed by atoms with Crippen LogP contribution in [0.15, 0.2) is 0 Å². The molecule has 0 saturated carbocycles. The molecule has 13 heteroatoms. The van der Waals surface area contributed by atoms with Crippen LogP contribution in [0.5, 0.6) is 0 Å². The molecular formula is C18H32N2O11. The van der Waals surface area contributed by atoms with Crippen molar-refractivity contribution in [3.63, 3.8) is 0 Å². The SMILES string of the molecule is CO[C@]1(C(=O)O)C[C@@H](O)C(NC(=O)CNC(=O)OCCC(C)C)C([C@H](O)[C@H](O)CO)O1. The Bertz CT molecular complexity index is 617. The van der Waals surface area contributed by atoms with Crippen LogP contribution in [-0.2, 0) is 23.8 Å². The largest absolute Gasteiger partial charge is 0.477 e. The van der Waals surface area contributed by atoms with Crippen LogP contribution in [-0.4, -0.2) is 107 Å². The summed E-state index contributed by atoms with van der Waals surface area (Å²) in [6.45, 7) is 2.64. The van der Waals surface area contributed by atoms with Crippen molar-refractivity contribution in [3.05, 3.63) is 0 Å². The van der Waals surface area contributed by atoms with E-state index in [0.29, 0.717) is 12.3 Å². The van der Waals surface area contributed by atoms with Gasteiger partial charge >= 0.3 is 12.1 Å². The van der Waals surface area contributed by atoms with Gasteiger partial charge in [-0.25, -0.2) is 9.59 Å². The minimum Gasteiger partial charge on any atom is -0.477 e. The summed E-state index contributed by atoms with van der Waals surface area (Å²) in [5, 5.41) is 53.5. The molecule has 0 aliphatic carbocycles. The Kier molecular flexibility index (Phi) is 10.6. The number of amides is 2. The molecule has 0 aromatic rings. The predicted octanol–water partition coefficient (Wildman–Crippen LogP) is -2.47. The van der Waals surface area contributed by atoms with Crippen molar-refractivity contribution in [1.82, 2.24) is 10.6 Å². The Morgan fingerprint density at radius 3 is 2.42 bits per heavy atom. The second kappa shape index (κ2) is 12.1. The number of ether oxygens (including phenoxy) is 3. The summed E-state index contributed by atoms with van der Waals surface area (Å²) in [6, 6.07) is -1.38. The number of carbonyl (C=O) groups is 3. The lowest BCUT2D eigenvalue weighted by Gasteiger charge is -2.46. The fourth-order valence-electron chi connectivity index (χ4n) is 2.93. The van der Waals surface area contributed by atoms with Gasteiger partial charge in [0.1, 0.15) is 24.9 Å². The lowest BCUT2D eigenvalue weighted by Crippen LogP contribution is -2.68. The molecule has 1 rings (SSSR count). The van der Waals surface area contributed by atoms with Crippen LogP contribution < -0.4 is 10.6 Å². The zero-order chi connectivity index (χ0) is 23.8. The molecule has 0 aromatic carbocycles. The number of carboxylic acid groups (broad SMARTS) is 1. The first-order valence-corrected chi connectivity index (χ1v) is 9.78. The number of aliphatic carboxylic acids is 1. The van der Waals surface area contributed by atoms with Gasteiger partial charge in [0.25, 0.3) is 5.79 Å². The van der Waals surface area contributed by atoms with Gasteiger partial charge in [0.15, 0.2) is 0 Å². The van der Waals surface area contributed by atoms with Crippen LogP contribution in [0.3, 0.4) is 0 Å². The third-order valence-corrected chi connectivity index (χ3v) is 4.80. The van der Waals surface area contributed by atoms with Crippen LogP contribution in [0, 0.1) is 5.92 Å². The molecule has 13 nitrogen and oxygen atoms in total. The maximum absolute atomic E-state index is 12.2. The highest BCUT2D eigenvalue weighted by atomic mass is 16.7. The van der Waals surface area contributed by atoms with Gasteiger partial charge in [-0.2, -0.15) is 0 Å². The third kappa shape index (κ3) is 7.55. The average molecular weight is 452 g/mol. The van der Waals surface area contributed by atoms with Gasteiger partial charge < -0.3 is 50.4 Å². The summed E-state index contributed by atoms with van der Waals surface area (Å²) in [5.41, 5.74) is 0. The molecule has 0 radical (unpaired) electrons. The Balaban J connectivity index is 2.83. The quantitative estimate of drug-likeness (QED) is 0.175. The lowest BCUT2D eigenvalue weighted by molar-refractivity contribution is -0.303. The van der Waals surface area contributed by atoms with Gasteiger partial charge in [-0.05, 0) is 12.3 Å². The third-order valence-electron chi connectivity index (χ3n) is 4.80. The monoisotopic (exact) mass is 452 g/mol. The number of aliphatic hydroxyl groups is 4. The van der Waals surface area contributed by atoms with E-state index >= 15 is 0 Å². The Hall–Kier alpha value is -2.03. The van der Waals surface area contributed by atoms with E-state index in [2.05, 4.69) is 10.6 Å². The number of hydrogen-bond acceptors (Lipinski definition) is 10. The van der Waals surface area contributed by atoms with Gasteiger partial charge in [0.2, 0.25) is 5.91 Å². The van der Waals surface area contributed by atoms with Gasteiger partial charge in [0.05, 0.1) is 25.4 Å². The molecule has 0 spiro atoms. The maximum Gasteiger partial charge on any atom is 0.407 e.